The summed E-state index contributed by atoms with van der Waals surface area (Å²) in [4.78, 5) is 25.2. The second-order valence-electron chi connectivity index (χ2n) is 4.39. The molecule has 4 nitrogen and oxygen atoms in total. The number of halogens is 1. The maximum atomic E-state index is 13.6. The molecule has 1 aromatic heterocycles. The van der Waals surface area contributed by atoms with E-state index in [0.717, 1.165) is 0 Å². The van der Waals surface area contributed by atoms with Gasteiger partial charge in [-0.2, -0.15) is 0 Å². The van der Waals surface area contributed by atoms with Crippen LogP contribution in [0.2, 0.25) is 0 Å². The third-order valence-electron chi connectivity index (χ3n) is 3.15. The number of carbonyl (C=O) groups is 2. The summed E-state index contributed by atoms with van der Waals surface area (Å²) in [5.74, 6) is -0.977. The van der Waals surface area contributed by atoms with Gasteiger partial charge in [-0.1, -0.05) is 6.07 Å². The number of rotatable bonds is 2. The Labute approximate surface area is 122 Å². The predicted molar refractivity (Wildman–Crippen MR) is 76.7 cm³/mol. The minimum atomic E-state index is -1.00. The molecule has 0 aliphatic carbocycles. The van der Waals surface area contributed by atoms with Crippen molar-refractivity contribution in [1.29, 1.82) is 0 Å². The van der Waals surface area contributed by atoms with Crippen LogP contribution in [0.3, 0.4) is 0 Å². The Morgan fingerprint density at radius 1 is 1.40 bits per heavy atom. The molecule has 1 aromatic carbocycles. The first-order valence-electron chi connectivity index (χ1n) is 5.87. The maximum Gasteiger partial charge on any atom is 0.327 e. The van der Waals surface area contributed by atoms with Gasteiger partial charge in [-0.15, -0.1) is 23.1 Å². The molecular weight excluding hydrogens is 301 g/mol. The number of amides is 1. The van der Waals surface area contributed by atoms with Gasteiger partial charge in [0.2, 0.25) is 0 Å². The summed E-state index contributed by atoms with van der Waals surface area (Å²) >= 11 is 2.59. The number of fused-ring (bicyclic) bond motifs is 1. The summed E-state index contributed by atoms with van der Waals surface area (Å²) in [6.45, 7) is 0. The summed E-state index contributed by atoms with van der Waals surface area (Å²) in [6.07, 6.45) is 0. The molecule has 3 rings (SSSR count). The Morgan fingerprint density at radius 2 is 2.20 bits per heavy atom. The highest BCUT2D eigenvalue weighted by molar-refractivity contribution is 7.99. The van der Waals surface area contributed by atoms with E-state index in [-0.39, 0.29) is 11.7 Å². The molecule has 0 radical (unpaired) electrons. The highest BCUT2D eigenvalue weighted by atomic mass is 32.2. The first kappa shape index (κ1) is 13.4. The summed E-state index contributed by atoms with van der Waals surface area (Å²) in [5, 5.41) is 9.50. The summed E-state index contributed by atoms with van der Waals surface area (Å²) in [5.41, 5.74) is 0. The first-order valence-corrected chi connectivity index (χ1v) is 7.84. The van der Waals surface area contributed by atoms with Gasteiger partial charge in [0.1, 0.15) is 11.9 Å². The summed E-state index contributed by atoms with van der Waals surface area (Å²) in [7, 11) is 0. The average molecular weight is 311 g/mol. The van der Waals surface area contributed by atoms with Crippen LogP contribution in [0.5, 0.6) is 0 Å². The zero-order chi connectivity index (χ0) is 14.3. The van der Waals surface area contributed by atoms with Gasteiger partial charge < -0.3 is 10.0 Å². The van der Waals surface area contributed by atoms with Crippen LogP contribution in [-0.2, 0) is 4.79 Å². The van der Waals surface area contributed by atoms with Crippen molar-refractivity contribution >= 4 is 45.1 Å². The largest absolute Gasteiger partial charge is 0.480 e. The van der Waals surface area contributed by atoms with Crippen LogP contribution in [0.4, 0.5) is 4.39 Å². The topological polar surface area (TPSA) is 57.6 Å². The Morgan fingerprint density at radius 3 is 2.90 bits per heavy atom. The van der Waals surface area contributed by atoms with Gasteiger partial charge in [-0.25, -0.2) is 9.18 Å². The fourth-order valence-corrected chi connectivity index (χ4v) is 4.30. The second-order valence-corrected chi connectivity index (χ2v) is 6.47. The molecule has 7 heteroatoms. The lowest BCUT2D eigenvalue weighted by molar-refractivity contribution is -0.140. The number of nitrogens with zero attached hydrogens (tertiary/aromatic N) is 1. The summed E-state index contributed by atoms with van der Waals surface area (Å²) in [6, 6.07) is 5.37. The molecule has 0 saturated carbocycles. The Bertz CT molecular complexity index is 700. The smallest absolute Gasteiger partial charge is 0.327 e. The van der Waals surface area contributed by atoms with Gasteiger partial charge in [-0.05, 0) is 18.2 Å². The van der Waals surface area contributed by atoms with Gasteiger partial charge >= 0.3 is 5.97 Å². The van der Waals surface area contributed by atoms with Crippen LogP contribution >= 0.6 is 23.1 Å². The molecule has 1 amide bonds. The highest BCUT2D eigenvalue weighted by Gasteiger charge is 2.35. The number of carbonyl (C=O) groups excluding carboxylic acids is 1. The van der Waals surface area contributed by atoms with Crippen LogP contribution in [0.25, 0.3) is 10.1 Å². The predicted octanol–water partition coefficient (Wildman–Crippen LogP) is 2.64. The van der Waals surface area contributed by atoms with E-state index in [1.54, 1.807) is 12.1 Å². The van der Waals surface area contributed by atoms with Gasteiger partial charge in [-0.3, -0.25) is 4.79 Å². The van der Waals surface area contributed by atoms with Crippen LogP contribution < -0.4 is 0 Å². The Balaban J connectivity index is 1.96. The van der Waals surface area contributed by atoms with Crippen LogP contribution in [0.15, 0.2) is 24.3 Å². The van der Waals surface area contributed by atoms with Crippen molar-refractivity contribution in [1.82, 2.24) is 4.90 Å². The highest BCUT2D eigenvalue weighted by Crippen LogP contribution is 2.31. The standard InChI is InChI=1S/C13H10FNO3S2/c14-8-2-1-3-10-7(8)4-11(20-10)12(16)15-6-19-5-9(15)13(17)18/h1-4,9H,5-6H2,(H,17,18)/t9-/m0/s1. The third kappa shape index (κ3) is 2.16. The van der Waals surface area contributed by atoms with Crippen molar-refractivity contribution in [2.45, 2.75) is 6.04 Å². The number of thiophene rings is 1. The molecule has 1 aliphatic heterocycles. The molecule has 0 unspecified atom stereocenters. The molecular formula is C13H10FNO3S2. The molecule has 1 atom stereocenters. The van der Waals surface area contributed by atoms with E-state index in [2.05, 4.69) is 0 Å². The van der Waals surface area contributed by atoms with Crippen molar-refractivity contribution in [3.8, 4) is 0 Å². The van der Waals surface area contributed by atoms with Crippen LogP contribution in [0, 0.1) is 5.82 Å². The van der Waals surface area contributed by atoms with E-state index in [4.69, 9.17) is 5.11 Å². The second kappa shape index (κ2) is 5.06. The molecule has 104 valence electrons. The van der Waals surface area contributed by atoms with Gasteiger partial charge in [0, 0.05) is 15.8 Å². The molecule has 1 N–H and O–H groups in total. The fraction of sp³-hybridized carbons (Fsp3) is 0.231. The minimum Gasteiger partial charge on any atom is -0.480 e. The SMILES string of the molecule is O=C(O)[C@@H]1CSCN1C(=O)c1cc2c(F)cccc2s1. The fourth-order valence-electron chi connectivity index (χ4n) is 2.12. The first-order chi connectivity index (χ1) is 9.58. The Hall–Kier alpha value is -1.60. The lowest BCUT2D eigenvalue weighted by atomic mass is 10.2. The van der Waals surface area contributed by atoms with Crippen molar-refractivity contribution in [3.05, 3.63) is 35.0 Å². The van der Waals surface area contributed by atoms with E-state index in [0.29, 0.717) is 26.6 Å². The molecule has 20 heavy (non-hydrogen) atoms. The number of carboxylic acids is 1. The van der Waals surface area contributed by atoms with Crippen molar-refractivity contribution in [2.75, 3.05) is 11.6 Å². The molecule has 1 saturated heterocycles. The number of carboxylic acid groups (broad SMARTS) is 1. The van der Waals surface area contributed by atoms with Crippen molar-refractivity contribution in [2.24, 2.45) is 0 Å². The number of hydrogen-bond donors (Lipinski definition) is 1. The van der Waals surface area contributed by atoms with Crippen molar-refractivity contribution < 1.29 is 19.1 Å². The number of benzene rings is 1. The van der Waals surface area contributed by atoms with Crippen LogP contribution in [-0.4, -0.2) is 39.6 Å². The van der Waals surface area contributed by atoms with E-state index in [1.807, 2.05) is 0 Å². The molecule has 0 bridgehead atoms. The van der Waals surface area contributed by atoms with E-state index in [1.165, 1.54) is 40.1 Å². The number of thioether (sulfide) groups is 1. The van der Waals surface area contributed by atoms with Crippen LogP contribution in [0.1, 0.15) is 9.67 Å². The number of hydrogen-bond acceptors (Lipinski definition) is 4. The molecule has 2 aromatic rings. The lowest BCUT2D eigenvalue weighted by Crippen LogP contribution is -2.41. The van der Waals surface area contributed by atoms with Crippen molar-refractivity contribution in [3.63, 3.8) is 0 Å². The summed E-state index contributed by atoms with van der Waals surface area (Å²) < 4.78 is 14.3. The monoisotopic (exact) mass is 311 g/mol. The lowest BCUT2D eigenvalue weighted by Gasteiger charge is -2.19. The average Bonchev–Trinajstić information content (AvgIpc) is 3.05. The normalized spacial score (nSPS) is 18.6. The molecule has 2 heterocycles. The van der Waals surface area contributed by atoms with E-state index in [9.17, 15) is 14.0 Å². The third-order valence-corrected chi connectivity index (χ3v) is 5.25. The quantitative estimate of drug-likeness (QED) is 0.926. The maximum absolute atomic E-state index is 13.6. The van der Waals surface area contributed by atoms with E-state index >= 15 is 0 Å². The van der Waals surface area contributed by atoms with E-state index < -0.39 is 12.0 Å². The van der Waals surface area contributed by atoms with Gasteiger partial charge in [0.05, 0.1) is 10.8 Å². The van der Waals surface area contributed by atoms with Gasteiger partial charge in [0.15, 0.2) is 0 Å². The molecule has 1 fully saturated rings. The zero-order valence-corrected chi connectivity index (χ0v) is 11.8. The molecule has 0 spiro atoms. The zero-order valence-electron chi connectivity index (χ0n) is 10.2. The van der Waals surface area contributed by atoms with Gasteiger partial charge in [0.25, 0.3) is 5.91 Å². The molecule has 1 aliphatic rings. The number of aliphatic carboxylic acids is 1. The Kier molecular flexibility index (Phi) is 3.39. The minimum absolute atomic E-state index is 0.344.